The molecule has 0 saturated carbocycles. The predicted octanol–water partition coefficient (Wildman–Crippen LogP) is 1.85. The topological polar surface area (TPSA) is 55.0 Å². The van der Waals surface area contributed by atoms with Crippen molar-refractivity contribution in [3.63, 3.8) is 0 Å². The molecule has 2 N–H and O–H groups in total. The molecule has 1 aromatic heterocycles. The largest absolute Gasteiger partial charge is 0.398 e. The van der Waals surface area contributed by atoms with Gasteiger partial charge in [0, 0.05) is 25.3 Å². The third kappa shape index (κ3) is 1.92. The van der Waals surface area contributed by atoms with Gasteiger partial charge < -0.3 is 10.6 Å². The van der Waals surface area contributed by atoms with Gasteiger partial charge in [-0.2, -0.15) is 0 Å². The number of hydrogen-bond acceptors (Lipinski definition) is 5. The summed E-state index contributed by atoms with van der Waals surface area (Å²) in [5.41, 5.74) is 7.55. The second kappa shape index (κ2) is 3.86. The minimum Gasteiger partial charge on any atom is -0.398 e. The lowest BCUT2D eigenvalue weighted by molar-refractivity contribution is 1.02. The van der Waals surface area contributed by atoms with E-state index >= 15 is 0 Å². The van der Waals surface area contributed by atoms with Crippen LogP contribution in [0.2, 0.25) is 0 Å². The first kappa shape index (κ1) is 9.92. The van der Waals surface area contributed by atoms with Crippen LogP contribution in [0.1, 0.15) is 0 Å². The van der Waals surface area contributed by atoms with E-state index in [4.69, 9.17) is 5.73 Å². The average molecular weight is 220 g/mol. The maximum Gasteiger partial charge on any atom is 0.208 e. The highest BCUT2D eigenvalue weighted by molar-refractivity contribution is 7.18. The SMILES string of the molecule is CN(C)c1nnc(-c2ccccc2N)s1. The van der Waals surface area contributed by atoms with Crippen molar-refractivity contribution in [3.05, 3.63) is 24.3 Å². The number of hydrogen-bond donors (Lipinski definition) is 1. The van der Waals surface area contributed by atoms with Gasteiger partial charge >= 0.3 is 0 Å². The summed E-state index contributed by atoms with van der Waals surface area (Å²) >= 11 is 1.53. The standard InChI is InChI=1S/C10H12N4S/c1-14(2)10-13-12-9(15-10)7-5-3-4-6-8(7)11/h3-6H,11H2,1-2H3. The zero-order chi connectivity index (χ0) is 10.8. The molecule has 78 valence electrons. The van der Waals surface area contributed by atoms with E-state index in [1.165, 1.54) is 11.3 Å². The molecule has 0 spiro atoms. The first-order valence-corrected chi connectivity index (χ1v) is 5.36. The number of rotatable bonds is 2. The Morgan fingerprint density at radius 2 is 1.93 bits per heavy atom. The van der Waals surface area contributed by atoms with Crippen molar-refractivity contribution < 1.29 is 0 Å². The maximum absolute atomic E-state index is 5.86. The Morgan fingerprint density at radius 1 is 1.20 bits per heavy atom. The Balaban J connectivity index is 2.42. The number of para-hydroxylation sites is 1. The van der Waals surface area contributed by atoms with Crippen LogP contribution in [0.4, 0.5) is 10.8 Å². The van der Waals surface area contributed by atoms with Gasteiger partial charge in [0.2, 0.25) is 5.13 Å². The zero-order valence-electron chi connectivity index (χ0n) is 8.64. The van der Waals surface area contributed by atoms with E-state index in [2.05, 4.69) is 10.2 Å². The van der Waals surface area contributed by atoms with Gasteiger partial charge in [0.25, 0.3) is 0 Å². The van der Waals surface area contributed by atoms with Crippen LogP contribution in [0, 0.1) is 0 Å². The minimum absolute atomic E-state index is 0.735. The number of nitrogens with two attached hydrogens (primary N) is 1. The molecule has 0 atom stereocenters. The number of benzene rings is 1. The third-order valence-corrected chi connectivity index (χ3v) is 3.11. The molecule has 2 rings (SSSR count). The van der Waals surface area contributed by atoms with Gasteiger partial charge in [-0.3, -0.25) is 0 Å². The summed E-state index contributed by atoms with van der Waals surface area (Å²) in [6.07, 6.45) is 0. The fourth-order valence-corrected chi connectivity index (χ4v) is 2.01. The van der Waals surface area contributed by atoms with Gasteiger partial charge in [-0.15, -0.1) is 10.2 Å². The van der Waals surface area contributed by atoms with Crippen LogP contribution in [-0.2, 0) is 0 Å². The zero-order valence-corrected chi connectivity index (χ0v) is 9.45. The van der Waals surface area contributed by atoms with E-state index in [0.29, 0.717) is 0 Å². The van der Waals surface area contributed by atoms with Crippen LogP contribution in [-0.4, -0.2) is 24.3 Å². The summed E-state index contributed by atoms with van der Waals surface area (Å²) in [5.74, 6) is 0. The number of nitrogens with zero attached hydrogens (tertiary/aromatic N) is 3. The summed E-state index contributed by atoms with van der Waals surface area (Å²) in [6.45, 7) is 0. The fraction of sp³-hybridized carbons (Fsp3) is 0.200. The van der Waals surface area contributed by atoms with Gasteiger partial charge in [-0.25, -0.2) is 0 Å². The molecular formula is C10H12N4S. The first-order chi connectivity index (χ1) is 7.18. The molecule has 1 aromatic carbocycles. The molecule has 1 heterocycles. The van der Waals surface area contributed by atoms with Crippen LogP contribution in [0.15, 0.2) is 24.3 Å². The van der Waals surface area contributed by atoms with Crippen molar-refractivity contribution in [2.45, 2.75) is 0 Å². The molecule has 0 saturated heterocycles. The Bertz CT molecular complexity index is 464. The molecule has 0 amide bonds. The van der Waals surface area contributed by atoms with E-state index in [1.807, 2.05) is 43.3 Å². The van der Waals surface area contributed by atoms with E-state index in [9.17, 15) is 0 Å². The molecule has 15 heavy (non-hydrogen) atoms. The Kier molecular flexibility index (Phi) is 2.55. The minimum atomic E-state index is 0.735. The molecule has 2 aromatic rings. The molecule has 0 radical (unpaired) electrons. The normalized spacial score (nSPS) is 10.3. The van der Waals surface area contributed by atoms with Crippen LogP contribution < -0.4 is 10.6 Å². The molecule has 0 aliphatic heterocycles. The second-order valence-corrected chi connectivity index (χ2v) is 4.33. The van der Waals surface area contributed by atoms with Gasteiger partial charge in [-0.05, 0) is 12.1 Å². The van der Waals surface area contributed by atoms with Gasteiger partial charge in [0.15, 0.2) is 5.01 Å². The van der Waals surface area contributed by atoms with Crippen LogP contribution in [0.3, 0.4) is 0 Å². The highest BCUT2D eigenvalue weighted by Crippen LogP contribution is 2.30. The molecule has 4 nitrogen and oxygen atoms in total. The third-order valence-electron chi connectivity index (χ3n) is 1.99. The quantitative estimate of drug-likeness (QED) is 0.785. The summed E-state index contributed by atoms with van der Waals surface area (Å²) in [6, 6.07) is 7.68. The molecule has 0 aliphatic carbocycles. The van der Waals surface area contributed by atoms with Gasteiger partial charge in [0.05, 0.1) is 0 Å². The summed E-state index contributed by atoms with van der Waals surface area (Å²) in [4.78, 5) is 1.93. The fourth-order valence-electron chi connectivity index (χ4n) is 1.20. The Hall–Kier alpha value is -1.62. The lowest BCUT2D eigenvalue weighted by atomic mass is 10.2. The van der Waals surface area contributed by atoms with Crippen LogP contribution >= 0.6 is 11.3 Å². The first-order valence-electron chi connectivity index (χ1n) is 4.54. The summed E-state index contributed by atoms with van der Waals surface area (Å²) < 4.78 is 0. The second-order valence-electron chi connectivity index (χ2n) is 3.37. The lowest BCUT2D eigenvalue weighted by Crippen LogP contribution is -2.07. The van der Waals surface area contributed by atoms with E-state index in [-0.39, 0.29) is 0 Å². The number of aromatic nitrogens is 2. The smallest absolute Gasteiger partial charge is 0.208 e. The van der Waals surface area contributed by atoms with Crippen LogP contribution in [0.25, 0.3) is 10.6 Å². The van der Waals surface area contributed by atoms with Crippen LogP contribution in [0.5, 0.6) is 0 Å². The van der Waals surface area contributed by atoms with E-state index in [0.717, 1.165) is 21.4 Å². The predicted molar refractivity (Wildman–Crippen MR) is 64.1 cm³/mol. The Morgan fingerprint density at radius 3 is 2.53 bits per heavy atom. The average Bonchev–Trinajstić information content (AvgIpc) is 2.67. The number of anilines is 2. The lowest BCUT2D eigenvalue weighted by Gasteiger charge is -2.04. The molecular weight excluding hydrogens is 208 g/mol. The van der Waals surface area contributed by atoms with Gasteiger partial charge in [-0.1, -0.05) is 23.5 Å². The highest BCUT2D eigenvalue weighted by Gasteiger charge is 2.09. The van der Waals surface area contributed by atoms with Crippen molar-refractivity contribution >= 4 is 22.2 Å². The van der Waals surface area contributed by atoms with Crippen molar-refractivity contribution in [3.8, 4) is 10.6 Å². The molecule has 0 bridgehead atoms. The molecule has 0 aliphatic rings. The summed E-state index contributed by atoms with van der Waals surface area (Å²) in [5, 5.41) is 9.93. The van der Waals surface area contributed by atoms with Crippen molar-refractivity contribution in [2.24, 2.45) is 0 Å². The number of nitrogen functional groups attached to an aromatic ring is 1. The molecule has 0 fully saturated rings. The monoisotopic (exact) mass is 220 g/mol. The maximum atomic E-state index is 5.86. The van der Waals surface area contributed by atoms with Crippen molar-refractivity contribution in [1.29, 1.82) is 0 Å². The molecule has 0 unspecified atom stereocenters. The molecule has 5 heteroatoms. The van der Waals surface area contributed by atoms with E-state index in [1.54, 1.807) is 0 Å². The van der Waals surface area contributed by atoms with Crippen molar-refractivity contribution in [2.75, 3.05) is 24.7 Å². The Labute approximate surface area is 92.4 Å². The summed E-state index contributed by atoms with van der Waals surface area (Å²) in [7, 11) is 3.89. The van der Waals surface area contributed by atoms with E-state index < -0.39 is 0 Å². The highest BCUT2D eigenvalue weighted by atomic mass is 32.1. The van der Waals surface area contributed by atoms with Gasteiger partial charge in [0.1, 0.15) is 0 Å². The van der Waals surface area contributed by atoms with Crippen molar-refractivity contribution in [1.82, 2.24) is 10.2 Å².